The van der Waals surface area contributed by atoms with Gasteiger partial charge >= 0.3 is 0 Å². The lowest BCUT2D eigenvalue weighted by Crippen LogP contribution is -2.18. The number of rotatable bonds is 5. The number of hydrogen-bond donors (Lipinski definition) is 2. The standard InChI is InChI=1S/C19H19N7O3S/c1-11-9-12(2)22-19(21-11)26-18(17(10-20)13(3)24-26)25-30(28,29)16-7-5-15(6-8-16)23-14(4)27/h5-9,25H,1-4H3,(H,23,27). The quantitative estimate of drug-likeness (QED) is 0.638. The van der Waals surface area contributed by atoms with Crippen molar-refractivity contribution in [3.8, 4) is 12.0 Å². The fraction of sp³-hybridized carbons (Fsp3) is 0.211. The van der Waals surface area contributed by atoms with Gasteiger partial charge in [-0.3, -0.25) is 9.52 Å². The topological polar surface area (TPSA) is 143 Å². The molecule has 10 nitrogen and oxygen atoms in total. The minimum absolute atomic E-state index is 0.0489. The molecular weight excluding hydrogens is 406 g/mol. The molecule has 1 aromatic carbocycles. The van der Waals surface area contributed by atoms with Gasteiger partial charge in [0.05, 0.1) is 10.6 Å². The van der Waals surface area contributed by atoms with Gasteiger partial charge in [-0.2, -0.15) is 15.0 Å². The Morgan fingerprint density at radius 2 is 1.70 bits per heavy atom. The van der Waals surface area contributed by atoms with Crippen LogP contribution in [0.4, 0.5) is 11.5 Å². The highest BCUT2D eigenvalue weighted by Crippen LogP contribution is 2.25. The fourth-order valence-electron chi connectivity index (χ4n) is 2.81. The second-order valence-corrected chi connectivity index (χ2v) is 8.28. The SMILES string of the molecule is CC(=O)Nc1ccc(S(=O)(=O)Nc2c(C#N)c(C)nn2-c2nc(C)cc(C)n2)cc1. The summed E-state index contributed by atoms with van der Waals surface area (Å²) in [6.45, 7) is 6.51. The monoisotopic (exact) mass is 425 g/mol. The number of sulfonamides is 1. The third-order valence-corrected chi connectivity index (χ3v) is 5.40. The van der Waals surface area contributed by atoms with Gasteiger partial charge in [0.2, 0.25) is 5.91 Å². The van der Waals surface area contributed by atoms with E-state index in [2.05, 4.69) is 25.1 Å². The summed E-state index contributed by atoms with van der Waals surface area (Å²) in [6, 6.07) is 9.38. The first kappa shape index (κ1) is 20.9. The molecule has 0 aliphatic heterocycles. The molecule has 0 bridgehead atoms. The molecule has 1 amide bonds. The van der Waals surface area contributed by atoms with Crippen molar-refractivity contribution in [1.29, 1.82) is 5.26 Å². The molecule has 2 aromatic heterocycles. The molecule has 11 heteroatoms. The van der Waals surface area contributed by atoms with Crippen LogP contribution < -0.4 is 10.0 Å². The highest BCUT2D eigenvalue weighted by molar-refractivity contribution is 7.92. The van der Waals surface area contributed by atoms with Crippen LogP contribution in [0.5, 0.6) is 0 Å². The van der Waals surface area contributed by atoms with E-state index < -0.39 is 10.0 Å². The molecule has 3 rings (SSSR count). The Morgan fingerprint density at radius 1 is 1.10 bits per heavy atom. The van der Waals surface area contributed by atoms with Gasteiger partial charge in [-0.25, -0.2) is 18.4 Å². The molecule has 0 fully saturated rings. The first-order valence-electron chi connectivity index (χ1n) is 8.83. The maximum Gasteiger partial charge on any atom is 0.263 e. The largest absolute Gasteiger partial charge is 0.326 e. The highest BCUT2D eigenvalue weighted by atomic mass is 32.2. The second-order valence-electron chi connectivity index (χ2n) is 6.59. The van der Waals surface area contributed by atoms with E-state index in [0.29, 0.717) is 22.8 Å². The number of benzene rings is 1. The molecule has 154 valence electrons. The van der Waals surface area contributed by atoms with Gasteiger partial charge in [0.1, 0.15) is 11.6 Å². The normalized spacial score (nSPS) is 11.0. The average Bonchev–Trinajstić information content (AvgIpc) is 2.95. The minimum atomic E-state index is -4.06. The van der Waals surface area contributed by atoms with Gasteiger partial charge < -0.3 is 5.32 Å². The lowest BCUT2D eigenvalue weighted by atomic mass is 10.3. The van der Waals surface area contributed by atoms with Crippen molar-refractivity contribution in [1.82, 2.24) is 19.7 Å². The number of hydrogen-bond acceptors (Lipinski definition) is 7. The van der Waals surface area contributed by atoms with Crippen LogP contribution in [0.15, 0.2) is 35.2 Å². The molecular formula is C19H19N7O3S. The van der Waals surface area contributed by atoms with Crippen LogP contribution in [0.3, 0.4) is 0 Å². The Balaban J connectivity index is 2.05. The molecule has 0 atom stereocenters. The van der Waals surface area contributed by atoms with Gasteiger partial charge in [0, 0.05) is 24.0 Å². The van der Waals surface area contributed by atoms with Crippen molar-refractivity contribution >= 4 is 27.4 Å². The van der Waals surface area contributed by atoms with E-state index in [0.717, 1.165) is 0 Å². The summed E-state index contributed by atoms with van der Waals surface area (Å²) in [5, 5.41) is 16.4. The third kappa shape index (κ3) is 4.28. The summed E-state index contributed by atoms with van der Waals surface area (Å²) in [5.41, 5.74) is 2.21. The van der Waals surface area contributed by atoms with Crippen LogP contribution in [-0.2, 0) is 14.8 Å². The van der Waals surface area contributed by atoms with Crippen molar-refractivity contribution in [2.45, 2.75) is 32.6 Å². The minimum Gasteiger partial charge on any atom is -0.326 e. The zero-order chi connectivity index (χ0) is 22.1. The predicted octanol–water partition coefficient (Wildman–Crippen LogP) is 2.22. The molecule has 3 aromatic rings. The van der Waals surface area contributed by atoms with E-state index in [-0.39, 0.29) is 28.1 Å². The van der Waals surface area contributed by atoms with E-state index in [1.54, 1.807) is 26.8 Å². The van der Waals surface area contributed by atoms with Crippen molar-refractivity contribution in [3.63, 3.8) is 0 Å². The van der Waals surface area contributed by atoms with Gasteiger partial charge in [-0.15, -0.1) is 0 Å². The fourth-order valence-corrected chi connectivity index (χ4v) is 3.86. The molecule has 0 saturated heterocycles. The van der Waals surface area contributed by atoms with E-state index in [1.165, 1.54) is 35.9 Å². The summed E-state index contributed by atoms with van der Waals surface area (Å²) in [5.74, 6) is -0.169. The second kappa shape index (κ2) is 7.92. The number of anilines is 2. The first-order valence-corrected chi connectivity index (χ1v) is 10.3. The lowest BCUT2D eigenvalue weighted by molar-refractivity contribution is -0.114. The van der Waals surface area contributed by atoms with Crippen LogP contribution in [-0.4, -0.2) is 34.1 Å². The molecule has 2 N–H and O–H groups in total. The van der Waals surface area contributed by atoms with Crippen molar-refractivity contribution in [3.05, 3.63) is 53.0 Å². The van der Waals surface area contributed by atoms with Crippen LogP contribution in [0.25, 0.3) is 5.95 Å². The van der Waals surface area contributed by atoms with Crippen LogP contribution >= 0.6 is 0 Å². The number of nitrogens with zero attached hydrogens (tertiary/aromatic N) is 5. The maximum absolute atomic E-state index is 12.9. The Hall–Kier alpha value is -3.78. The van der Waals surface area contributed by atoms with Crippen LogP contribution in [0, 0.1) is 32.1 Å². The zero-order valence-electron chi connectivity index (χ0n) is 16.8. The summed E-state index contributed by atoms with van der Waals surface area (Å²) in [4.78, 5) is 19.7. The number of amides is 1. The molecule has 0 spiro atoms. The highest BCUT2D eigenvalue weighted by Gasteiger charge is 2.24. The summed E-state index contributed by atoms with van der Waals surface area (Å²) >= 11 is 0. The number of aryl methyl sites for hydroxylation is 3. The molecule has 0 aliphatic carbocycles. The Labute approximate surface area is 173 Å². The Morgan fingerprint density at radius 3 is 2.23 bits per heavy atom. The van der Waals surface area contributed by atoms with Gasteiger partial charge in [0.25, 0.3) is 16.0 Å². The molecule has 2 heterocycles. The summed E-state index contributed by atoms with van der Waals surface area (Å²) in [7, 11) is -4.06. The number of nitrogens with one attached hydrogen (secondary N) is 2. The van der Waals surface area contributed by atoms with Gasteiger partial charge in [0.15, 0.2) is 5.82 Å². The number of carbonyl (C=O) groups is 1. The zero-order valence-corrected chi connectivity index (χ0v) is 17.6. The van der Waals surface area contributed by atoms with Crippen molar-refractivity contribution in [2.75, 3.05) is 10.0 Å². The molecule has 0 unspecified atom stereocenters. The third-order valence-electron chi connectivity index (χ3n) is 4.05. The molecule has 0 radical (unpaired) electrons. The van der Waals surface area contributed by atoms with E-state index in [1.807, 2.05) is 6.07 Å². The number of aromatic nitrogens is 4. The number of nitriles is 1. The van der Waals surface area contributed by atoms with Crippen LogP contribution in [0.2, 0.25) is 0 Å². The molecule has 30 heavy (non-hydrogen) atoms. The van der Waals surface area contributed by atoms with Crippen molar-refractivity contribution < 1.29 is 13.2 Å². The van der Waals surface area contributed by atoms with Crippen LogP contribution in [0.1, 0.15) is 29.6 Å². The molecule has 0 aliphatic rings. The van der Waals surface area contributed by atoms with E-state index >= 15 is 0 Å². The van der Waals surface area contributed by atoms with Crippen molar-refractivity contribution in [2.24, 2.45) is 0 Å². The van der Waals surface area contributed by atoms with Gasteiger partial charge in [-0.1, -0.05) is 0 Å². The average molecular weight is 425 g/mol. The Kier molecular flexibility index (Phi) is 5.53. The van der Waals surface area contributed by atoms with E-state index in [4.69, 9.17) is 0 Å². The lowest BCUT2D eigenvalue weighted by Gasteiger charge is -2.11. The molecule has 0 saturated carbocycles. The van der Waals surface area contributed by atoms with Gasteiger partial charge in [-0.05, 0) is 51.1 Å². The maximum atomic E-state index is 12.9. The summed E-state index contributed by atoms with van der Waals surface area (Å²) in [6.07, 6.45) is 0. The number of carbonyl (C=O) groups excluding carboxylic acids is 1. The first-order chi connectivity index (χ1) is 14.1. The summed E-state index contributed by atoms with van der Waals surface area (Å²) < 4.78 is 29.5. The van der Waals surface area contributed by atoms with E-state index in [9.17, 15) is 18.5 Å². The smallest absolute Gasteiger partial charge is 0.263 e. The predicted molar refractivity (Wildman–Crippen MR) is 110 cm³/mol. The Bertz CT molecular complexity index is 1250.